The van der Waals surface area contributed by atoms with Gasteiger partial charge in [0.1, 0.15) is 18.5 Å². The second kappa shape index (κ2) is 9.58. The summed E-state index contributed by atoms with van der Waals surface area (Å²) in [6, 6.07) is 7.80. The normalized spacial score (nSPS) is 11.4. The SMILES string of the molecule is COC(CN)C(=O)N(C)CCOc1cccc(C)c1.Cl. The summed E-state index contributed by atoms with van der Waals surface area (Å²) >= 11 is 0. The second-order valence-electron chi connectivity index (χ2n) is 4.38. The van der Waals surface area contributed by atoms with Crippen LogP contribution >= 0.6 is 12.4 Å². The Balaban J connectivity index is 0.00000361. The van der Waals surface area contributed by atoms with Crippen LogP contribution in [0.1, 0.15) is 5.56 Å². The molecular formula is C14H23ClN2O3. The van der Waals surface area contributed by atoms with Gasteiger partial charge in [0.2, 0.25) is 0 Å². The highest BCUT2D eigenvalue weighted by Crippen LogP contribution is 2.12. The number of rotatable bonds is 7. The van der Waals surface area contributed by atoms with Crippen molar-refractivity contribution in [2.75, 3.05) is 33.9 Å². The predicted molar refractivity (Wildman–Crippen MR) is 81.4 cm³/mol. The molecule has 1 unspecified atom stereocenters. The van der Waals surface area contributed by atoms with Gasteiger partial charge in [0.15, 0.2) is 0 Å². The standard InChI is InChI=1S/C14H22N2O3.ClH/c1-11-5-4-6-12(9-11)19-8-7-16(2)14(17)13(10-15)18-3;/h4-6,9,13H,7-8,10,15H2,1-3H3;1H. The monoisotopic (exact) mass is 302 g/mol. The first-order valence-corrected chi connectivity index (χ1v) is 6.25. The molecule has 114 valence electrons. The third kappa shape index (κ3) is 5.77. The van der Waals surface area contributed by atoms with E-state index in [1.54, 1.807) is 11.9 Å². The van der Waals surface area contributed by atoms with E-state index in [0.29, 0.717) is 13.2 Å². The largest absolute Gasteiger partial charge is 0.492 e. The topological polar surface area (TPSA) is 64.8 Å². The number of nitrogens with zero attached hydrogens (tertiary/aromatic N) is 1. The second-order valence-corrected chi connectivity index (χ2v) is 4.38. The molecular weight excluding hydrogens is 280 g/mol. The molecule has 1 rings (SSSR count). The molecule has 20 heavy (non-hydrogen) atoms. The number of carbonyl (C=O) groups is 1. The van der Waals surface area contributed by atoms with Crippen molar-refractivity contribution < 1.29 is 14.3 Å². The summed E-state index contributed by atoms with van der Waals surface area (Å²) in [5.74, 6) is 0.681. The maximum atomic E-state index is 11.9. The van der Waals surface area contributed by atoms with E-state index in [9.17, 15) is 4.79 Å². The summed E-state index contributed by atoms with van der Waals surface area (Å²) < 4.78 is 10.6. The van der Waals surface area contributed by atoms with Crippen molar-refractivity contribution in [2.24, 2.45) is 5.73 Å². The number of amides is 1. The quantitative estimate of drug-likeness (QED) is 0.823. The molecule has 1 aromatic carbocycles. The van der Waals surface area contributed by atoms with Crippen LogP contribution in [0.5, 0.6) is 5.75 Å². The van der Waals surface area contributed by atoms with Gasteiger partial charge in [-0.3, -0.25) is 4.79 Å². The molecule has 0 aliphatic rings. The maximum Gasteiger partial charge on any atom is 0.252 e. The lowest BCUT2D eigenvalue weighted by atomic mass is 10.2. The molecule has 0 fully saturated rings. The Hall–Kier alpha value is -1.30. The van der Waals surface area contributed by atoms with Crippen molar-refractivity contribution in [3.8, 4) is 5.75 Å². The smallest absolute Gasteiger partial charge is 0.252 e. The lowest BCUT2D eigenvalue weighted by Gasteiger charge is -2.22. The molecule has 0 aliphatic heterocycles. The Morgan fingerprint density at radius 2 is 2.15 bits per heavy atom. The number of hydrogen-bond acceptors (Lipinski definition) is 4. The van der Waals surface area contributed by atoms with Crippen molar-refractivity contribution in [1.82, 2.24) is 4.90 Å². The fourth-order valence-electron chi connectivity index (χ4n) is 1.66. The summed E-state index contributed by atoms with van der Waals surface area (Å²) in [5.41, 5.74) is 6.60. The van der Waals surface area contributed by atoms with E-state index in [4.69, 9.17) is 15.2 Å². The van der Waals surface area contributed by atoms with E-state index < -0.39 is 6.10 Å². The van der Waals surface area contributed by atoms with Gasteiger partial charge in [-0.1, -0.05) is 12.1 Å². The molecule has 0 spiro atoms. The van der Waals surface area contributed by atoms with Crippen LogP contribution in [0.3, 0.4) is 0 Å². The van der Waals surface area contributed by atoms with Crippen LogP contribution in [0, 0.1) is 6.92 Å². The number of carbonyl (C=O) groups excluding carboxylic acids is 1. The molecule has 1 atom stereocenters. The Morgan fingerprint density at radius 1 is 1.45 bits per heavy atom. The van der Waals surface area contributed by atoms with Gasteiger partial charge in [-0.25, -0.2) is 0 Å². The lowest BCUT2D eigenvalue weighted by Crippen LogP contribution is -2.43. The van der Waals surface area contributed by atoms with Gasteiger partial charge in [0.25, 0.3) is 5.91 Å². The van der Waals surface area contributed by atoms with Gasteiger partial charge in [0, 0.05) is 20.7 Å². The summed E-state index contributed by atoms with van der Waals surface area (Å²) in [4.78, 5) is 13.4. The van der Waals surface area contributed by atoms with Crippen molar-refractivity contribution in [1.29, 1.82) is 0 Å². The first kappa shape index (κ1) is 18.7. The minimum atomic E-state index is -0.580. The van der Waals surface area contributed by atoms with Crippen LogP contribution in [0.25, 0.3) is 0 Å². The molecule has 0 saturated carbocycles. The molecule has 1 aromatic rings. The number of benzene rings is 1. The molecule has 2 N–H and O–H groups in total. The molecule has 6 heteroatoms. The summed E-state index contributed by atoms with van der Waals surface area (Å²) in [6.07, 6.45) is -0.580. The molecule has 5 nitrogen and oxygen atoms in total. The van der Waals surface area contributed by atoms with Gasteiger partial charge >= 0.3 is 0 Å². The number of aryl methyl sites for hydroxylation is 1. The van der Waals surface area contributed by atoms with Gasteiger partial charge in [-0.2, -0.15) is 0 Å². The molecule has 1 amide bonds. The van der Waals surface area contributed by atoms with E-state index in [1.165, 1.54) is 7.11 Å². The van der Waals surface area contributed by atoms with Crippen LogP contribution < -0.4 is 10.5 Å². The molecule has 0 aromatic heterocycles. The molecule has 0 saturated heterocycles. The summed E-state index contributed by atoms with van der Waals surface area (Å²) in [6.45, 7) is 3.12. The summed E-state index contributed by atoms with van der Waals surface area (Å²) in [5, 5.41) is 0. The number of nitrogens with two attached hydrogens (primary N) is 1. The molecule has 0 heterocycles. The maximum absolute atomic E-state index is 11.9. The number of ether oxygens (including phenoxy) is 2. The van der Waals surface area contributed by atoms with Gasteiger partial charge in [-0.05, 0) is 24.6 Å². The van der Waals surface area contributed by atoms with Crippen LogP contribution in [0.2, 0.25) is 0 Å². The average Bonchev–Trinajstić information content (AvgIpc) is 2.40. The van der Waals surface area contributed by atoms with E-state index in [-0.39, 0.29) is 24.9 Å². The zero-order valence-corrected chi connectivity index (χ0v) is 13.0. The first-order chi connectivity index (χ1) is 9.08. The number of halogens is 1. The van der Waals surface area contributed by atoms with Crippen molar-refractivity contribution in [2.45, 2.75) is 13.0 Å². The third-order valence-corrected chi connectivity index (χ3v) is 2.84. The Bertz CT molecular complexity index is 411. The lowest BCUT2D eigenvalue weighted by molar-refractivity contribution is -0.140. The third-order valence-electron chi connectivity index (χ3n) is 2.84. The number of hydrogen-bond donors (Lipinski definition) is 1. The van der Waals surface area contributed by atoms with Gasteiger partial charge in [-0.15, -0.1) is 12.4 Å². The van der Waals surface area contributed by atoms with E-state index in [2.05, 4.69) is 0 Å². The predicted octanol–water partition coefficient (Wildman–Crippen LogP) is 1.23. The minimum absolute atomic E-state index is 0. The first-order valence-electron chi connectivity index (χ1n) is 6.25. The van der Waals surface area contributed by atoms with Gasteiger partial charge in [0.05, 0.1) is 6.54 Å². The number of methoxy groups -OCH3 is 1. The fraction of sp³-hybridized carbons (Fsp3) is 0.500. The van der Waals surface area contributed by atoms with Crippen LogP contribution in [0.4, 0.5) is 0 Å². The number of likely N-dealkylation sites (N-methyl/N-ethyl adjacent to an activating group) is 1. The Morgan fingerprint density at radius 3 is 2.70 bits per heavy atom. The highest BCUT2D eigenvalue weighted by molar-refractivity contribution is 5.85. The van der Waals surface area contributed by atoms with Crippen molar-refractivity contribution >= 4 is 18.3 Å². The van der Waals surface area contributed by atoms with E-state index in [1.807, 2.05) is 31.2 Å². The Labute approximate surface area is 126 Å². The molecule has 0 radical (unpaired) electrons. The fourth-order valence-corrected chi connectivity index (χ4v) is 1.66. The van der Waals surface area contributed by atoms with Crippen LogP contribution in [0.15, 0.2) is 24.3 Å². The summed E-state index contributed by atoms with van der Waals surface area (Å²) in [7, 11) is 3.19. The minimum Gasteiger partial charge on any atom is -0.492 e. The Kier molecular flexibility index (Phi) is 8.96. The highest BCUT2D eigenvalue weighted by atomic mass is 35.5. The van der Waals surface area contributed by atoms with E-state index in [0.717, 1.165) is 11.3 Å². The molecule has 0 bridgehead atoms. The van der Waals surface area contributed by atoms with Crippen LogP contribution in [-0.2, 0) is 9.53 Å². The average molecular weight is 303 g/mol. The van der Waals surface area contributed by atoms with Gasteiger partial charge < -0.3 is 20.1 Å². The zero-order valence-electron chi connectivity index (χ0n) is 12.2. The van der Waals surface area contributed by atoms with Crippen molar-refractivity contribution in [3.63, 3.8) is 0 Å². The van der Waals surface area contributed by atoms with E-state index >= 15 is 0 Å². The molecule has 0 aliphatic carbocycles. The zero-order chi connectivity index (χ0) is 14.3. The van der Waals surface area contributed by atoms with Crippen LogP contribution in [-0.4, -0.2) is 50.8 Å². The van der Waals surface area contributed by atoms with Crippen molar-refractivity contribution in [3.05, 3.63) is 29.8 Å². The highest BCUT2D eigenvalue weighted by Gasteiger charge is 2.19.